The van der Waals surface area contributed by atoms with Gasteiger partial charge in [0, 0.05) is 17.5 Å². The molecular weight excluding hydrogens is 250 g/mol. The minimum Gasteiger partial charge on any atom is -0.305 e. The van der Waals surface area contributed by atoms with Gasteiger partial charge in [-0.15, -0.1) is 11.3 Å². The van der Waals surface area contributed by atoms with Crippen molar-refractivity contribution in [2.45, 2.75) is 39.8 Å². The van der Waals surface area contributed by atoms with Crippen LogP contribution < -0.4 is 5.32 Å². The highest BCUT2D eigenvalue weighted by atomic mass is 32.1. The summed E-state index contributed by atoms with van der Waals surface area (Å²) in [5.41, 5.74) is 2.79. The molecule has 0 saturated carbocycles. The van der Waals surface area contributed by atoms with Crippen LogP contribution in [0.25, 0.3) is 0 Å². The molecule has 1 heterocycles. The highest BCUT2D eigenvalue weighted by Crippen LogP contribution is 2.18. The molecular formula is C17H23NS. The third-order valence-electron chi connectivity index (χ3n) is 3.25. The van der Waals surface area contributed by atoms with E-state index in [0.717, 1.165) is 12.5 Å². The van der Waals surface area contributed by atoms with E-state index in [-0.39, 0.29) is 0 Å². The first-order valence-electron chi connectivity index (χ1n) is 6.99. The second-order valence-corrected chi connectivity index (χ2v) is 6.51. The maximum Gasteiger partial charge on any atom is 0.0388 e. The van der Waals surface area contributed by atoms with Crippen LogP contribution in [0, 0.1) is 5.92 Å². The van der Waals surface area contributed by atoms with Gasteiger partial charge in [-0.25, -0.2) is 0 Å². The molecule has 0 radical (unpaired) electrons. The average Bonchev–Trinajstić information content (AvgIpc) is 2.91. The highest BCUT2D eigenvalue weighted by Gasteiger charge is 2.05. The van der Waals surface area contributed by atoms with Crippen molar-refractivity contribution in [1.29, 1.82) is 0 Å². The van der Waals surface area contributed by atoms with Crippen LogP contribution in [0.3, 0.4) is 0 Å². The quantitative estimate of drug-likeness (QED) is 0.797. The zero-order valence-electron chi connectivity index (χ0n) is 12.0. The maximum absolute atomic E-state index is 3.57. The van der Waals surface area contributed by atoms with Gasteiger partial charge in [0.05, 0.1) is 0 Å². The Balaban J connectivity index is 1.86. The molecule has 1 nitrogen and oxygen atoms in total. The minimum atomic E-state index is 0.426. The van der Waals surface area contributed by atoms with E-state index in [2.05, 4.69) is 67.9 Å². The molecule has 1 aromatic heterocycles. The summed E-state index contributed by atoms with van der Waals surface area (Å²) >= 11 is 1.81. The normalized spacial score (nSPS) is 12.8. The fraction of sp³-hybridized carbons (Fsp3) is 0.412. The molecule has 0 bridgehead atoms. The topological polar surface area (TPSA) is 12.0 Å². The SMILES string of the molecule is CC(C)Cc1ccc(CNC(C)c2cccs2)cc1. The molecule has 0 amide bonds. The predicted octanol–water partition coefficient (Wildman–Crippen LogP) is 4.80. The predicted molar refractivity (Wildman–Crippen MR) is 84.6 cm³/mol. The van der Waals surface area contributed by atoms with Crippen molar-refractivity contribution in [3.63, 3.8) is 0 Å². The molecule has 19 heavy (non-hydrogen) atoms. The molecule has 0 aliphatic rings. The summed E-state index contributed by atoms with van der Waals surface area (Å²) in [6.45, 7) is 7.68. The summed E-state index contributed by atoms with van der Waals surface area (Å²) in [6, 6.07) is 13.7. The van der Waals surface area contributed by atoms with Crippen molar-refractivity contribution < 1.29 is 0 Å². The first kappa shape index (κ1) is 14.3. The fourth-order valence-corrected chi connectivity index (χ4v) is 2.93. The third-order valence-corrected chi connectivity index (χ3v) is 4.30. The Morgan fingerprint density at radius 2 is 1.68 bits per heavy atom. The van der Waals surface area contributed by atoms with Crippen molar-refractivity contribution in [3.05, 3.63) is 57.8 Å². The fourth-order valence-electron chi connectivity index (χ4n) is 2.17. The van der Waals surface area contributed by atoms with E-state index in [9.17, 15) is 0 Å². The molecule has 0 aliphatic heterocycles. The molecule has 1 atom stereocenters. The molecule has 0 aliphatic carbocycles. The lowest BCUT2D eigenvalue weighted by molar-refractivity contribution is 0.582. The summed E-state index contributed by atoms with van der Waals surface area (Å²) in [6.07, 6.45) is 1.17. The molecule has 0 saturated heterocycles. The molecule has 1 aromatic carbocycles. The van der Waals surface area contributed by atoms with E-state index >= 15 is 0 Å². The lowest BCUT2D eigenvalue weighted by atomic mass is 10.0. The van der Waals surface area contributed by atoms with Crippen LogP contribution in [0.15, 0.2) is 41.8 Å². The summed E-state index contributed by atoms with van der Waals surface area (Å²) in [5, 5.41) is 5.71. The van der Waals surface area contributed by atoms with E-state index < -0.39 is 0 Å². The van der Waals surface area contributed by atoms with Gasteiger partial charge in [-0.2, -0.15) is 0 Å². The molecule has 1 unspecified atom stereocenters. The number of thiophene rings is 1. The first-order valence-corrected chi connectivity index (χ1v) is 7.87. The Hall–Kier alpha value is -1.12. The first-order chi connectivity index (χ1) is 9.15. The average molecular weight is 273 g/mol. The molecule has 2 aromatic rings. The van der Waals surface area contributed by atoms with Crippen LogP contribution in [0.5, 0.6) is 0 Å². The number of benzene rings is 1. The van der Waals surface area contributed by atoms with Crippen LogP contribution in [0.1, 0.15) is 42.8 Å². The zero-order valence-corrected chi connectivity index (χ0v) is 12.8. The Kier molecular flexibility index (Phi) is 5.17. The largest absolute Gasteiger partial charge is 0.305 e. The van der Waals surface area contributed by atoms with Crippen LogP contribution in [-0.4, -0.2) is 0 Å². The van der Waals surface area contributed by atoms with Crippen molar-refractivity contribution in [3.8, 4) is 0 Å². The van der Waals surface area contributed by atoms with Gasteiger partial charge in [-0.1, -0.05) is 44.2 Å². The van der Waals surface area contributed by atoms with Crippen molar-refractivity contribution in [1.82, 2.24) is 5.32 Å². The number of rotatable bonds is 6. The van der Waals surface area contributed by atoms with Gasteiger partial charge in [0.1, 0.15) is 0 Å². The minimum absolute atomic E-state index is 0.426. The monoisotopic (exact) mass is 273 g/mol. The Morgan fingerprint density at radius 3 is 2.26 bits per heavy atom. The van der Waals surface area contributed by atoms with Crippen molar-refractivity contribution in [2.24, 2.45) is 5.92 Å². The molecule has 2 rings (SSSR count). The van der Waals surface area contributed by atoms with E-state index in [1.165, 1.54) is 22.4 Å². The van der Waals surface area contributed by atoms with Gasteiger partial charge in [0.2, 0.25) is 0 Å². The Morgan fingerprint density at radius 1 is 1.00 bits per heavy atom. The van der Waals surface area contributed by atoms with Gasteiger partial charge in [0.15, 0.2) is 0 Å². The molecule has 102 valence electrons. The second-order valence-electron chi connectivity index (χ2n) is 5.53. The molecule has 0 fully saturated rings. The molecule has 2 heteroatoms. The maximum atomic E-state index is 3.57. The van der Waals surface area contributed by atoms with Gasteiger partial charge < -0.3 is 5.32 Å². The van der Waals surface area contributed by atoms with Crippen molar-refractivity contribution in [2.75, 3.05) is 0 Å². The Labute approximate surface area is 120 Å². The van der Waals surface area contributed by atoms with Gasteiger partial charge in [-0.05, 0) is 41.8 Å². The van der Waals surface area contributed by atoms with Gasteiger partial charge in [0.25, 0.3) is 0 Å². The van der Waals surface area contributed by atoms with Crippen LogP contribution in [-0.2, 0) is 13.0 Å². The standard InChI is InChI=1S/C17H23NS/c1-13(2)11-15-6-8-16(9-7-15)12-18-14(3)17-5-4-10-19-17/h4-10,13-14,18H,11-12H2,1-3H3. The van der Waals surface area contributed by atoms with Crippen molar-refractivity contribution >= 4 is 11.3 Å². The second kappa shape index (κ2) is 6.88. The van der Waals surface area contributed by atoms with E-state index in [1.54, 1.807) is 0 Å². The highest BCUT2D eigenvalue weighted by molar-refractivity contribution is 7.10. The Bertz CT molecular complexity index is 470. The van der Waals surface area contributed by atoms with Gasteiger partial charge in [-0.3, -0.25) is 0 Å². The summed E-state index contributed by atoms with van der Waals surface area (Å²) in [7, 11) is 0. The van der Waals surface area contributed by atoms with Crippen LogP contribution >= 0.6 is 11.3 Å². The van der Waals surface area contributed by atoms with Crippen LogP contribution in [0.4, 0.5) is 0 Å². The van der Waals surface area contributed by atoms with Crippen LogP contribution in [0.2, 0.25) is 0 Å². The number of hydrogen-bond acceptors (Lipinski definition) is 2. The zero-order chi connectivity index (χ0) is 13.7. The lowest BCUT2D eigenvalue weighted by Gasteiger charge is -2.12. The molecule has 0 spiro atoms. The number of hydrogen-bond donors (Lipinski definition) is 1. The van der Waals surface area contributed by atoms with E-state index in [4.69, 9.17) is 0 Å². The smallest absolute Gasteiger partial charge is 0.0388 e. The number of nitrogens with one attached hydrogen (secondary N) is 1. The van der Waals surface area contributed by atoms with E-state index in [0.29, 0.717) is 6.04 Å². The summed E-state index contributed by atoms with van der Waals surface area (Å²) < 4.78 is 0. The lowest BCUT2D eigenvalue weighted by Crippen LogP contribution is -2.17. The third kappa shape index (κ3) is 4.48. The molecule has 1 N–H and O–H groups in total. The summed E-state index contributed by atoms with van der Waals surface area (Å²) in [4.78, 5) is 1.40. The summed E-state index contributed by atoms with van der Waals surface area (Å²) in [5.74, 6) is 0.725. The van der Waals surface area contributed by atoms with E-state index in [1.807, 2.05) is 11.3 Å². The van der Waals surface area contributed by atoms with Gasteiger partial charge >= 0.3 is 0 Å².